The van der Waals surface area contributed by atoms with E-state index in [1.54, 1.807) is 11.8 Å². The molecule has 1 rings (SSSR count). The van der Waals surface area contributed by atoms with Crippen LogP contribution >= 0.6 is 0 Å². The monoisotopic (exact) mass is 172 g/mol. The zero-order chi connectivity index (χ0) is 9.14. The fourth-order valence-electron chi connectivity index (χ4n) is 1.23. The number of amides is 1. The molecule has 0 aliphatic heterocycles. The van der Waals surface area contributed by atoms with Crippen molar-refractivity contribution >= 4 is 5.91 Å². The predicted octanol–water partition coefficient (Wildman–Crippen LogP) is -0.683. The summed E-state index contributed by atoms with van der Waals surface area (Å²) in [6, 6.07) is -0.104. The molecule has 1 aliphatic rings. The lowest BCUT2D eigenvalue weighted by molar-refractivity contribution is -0.133. The quantitative estimate of drug-likeness (QED) is 0.590. The molecule has 0 aromatic rings. The number of hydrogen-bond acceptors (Lipinski definition) is 3. The first-order valence-corrected chi connectivity index (χ1v) is 4.33. The molecular formula is C8H16N2O2. The van der Waals surface area contributed by atoms with Crippen molar-refractivity contribution in [1.29, 1.82) is 0 Å². The molecule has 70 valence electrons. The molecule has 1 atom stereocenters. The number of rotatable bonds is 4. The van der Waals surface area contributed by atoms with E-state index < -0.39 is 6.04 Å². The lowest BCUT2D eigenvalue weighted by atomic mass is 10.3. The number of nitrogens with two attached hydrogens (primary N) is 1. The molecule has 0 unspecified atom stereocenters. The molecule has 0 aromatic heterocycles. The van der Waals surface area contributed by atoms with Gasteiger partial charge in [0.2, 0.25) is 5.91 Å². The summed E-state index contributed by atoms with van der Waals surface area (Å²) in [6.07, 6.45) is 2.11. The van der Waals surface area contributed by atoms with E-state index >= 15 is 0 Å². The van der Waals surface area contributed by atoms with Gasteiger partial charge < -0.3 is 15.7 Å². The van der Waals surface area contributed by atoms with E-state index in [1.807, 2.05) is 0 Å². The zero-order valence-corrected chi connectivity index (χ0v) is 7.36. The Morgan fingerprint density at radius 2 is 2.33 bits per heavy atom. The summed E-state index contributed by atoms with van der Waals surface area (Å²) >= 11 is 0. The SMILES string of the molecule is C[C@@H](N)C(=O)N(CCO)C1CC1. The van der Waals surface area contributed by atoms with E-state index in [0.29, 0.717) is 12.6 Å². The van der Waals surface area contributed by atoms with Gasteiger partial charge in [-0.2, -0.15) is 0 Å². The molecule has 0 spiro atoms. The molecule has 4 nitrogen and oxygen atoms in total. The second-order valence-electron chi connectivity index (χ2n) is 3.28. The van der Waals surface area contributed by atoms with Crippen LogP contribution in [0.2, 0.25) is 0 Å². The summed E-state index contributed by atoms with van der Waals surface area (Å²) in [5.41, 5.74) is 5.46. The van der Waals surface area contributed by atoms with Gasteiger partial charge in [0.25, 0.3) is 0 Å². The van der Waals surface area contributed by atoms with Crippen molar-refractivity contribution in [3.63, 3.8) is 0 Å². The van der Waals surface area contributed by atoms with Crippen LogP contribution in [-0.2, 0) is 4.79 Å². The molecule has 12 heavy (non-hydrogen) atoms. The molecule has 3 N–H and O–H groups in total. The standard InChI is InChI=1S/C8H16N2O2/c1-6(9)8(12)10(4-5-11)7-2-3-7/h6-7,11H,2-5,9H2,1H3/t6-/m1/s1. The Hall–Kier alpha value is -0.610. The van der Waals surface area contributed by atoms with Gasteiger partial charge in [-0.05, 0) is 19.8 Å². The largest absolute Gasteiger partial charge is 0.395 e. The summed E-state index contributed by atoms with van der Waals surface area (Å²) in [5, 5.41) is 8.71. The highest BCUT2D eigenvalue weighted by Crippen LogP contribution is 2.26. The van der Waals surface area contributed by atoms with E-state index in [0.717, 1.165) is 12.8 Å². The molecule has 0 bridgehead atoms. The van der Waals surface area contributed by atoms with Gasteiger partial charge in [-0.1, -0.05) is 0 Å². The molecule has 0 aromatic carbocycles. The van der Waals surface area contributed by atoms with E-state index in [2.05, 4.69) is 0 Å². The minimum Gasteiger partial charge on any atom is -0.395 e. The third kappa shape index (κ3) is 2.19. The number of carbonyl (C=O) groups excluding carboxylic acids is 1. The molecule has 4 heteroatoms. The average molecular weight is 172 g/mol. The number of aliphatic hydroxyl groups is 1. The maximum Gasteiger partial charge on any atom is 0.239 e. The normalized spacial score (nSPS) is 18.9. The van der Waals surface area contributed by atoms with Crippen LogP contribution in [0, 0.1) is 0 Å². The highest BCUT2D eigenvalue weighted by molar-refractivity contribution is 5.81. The molecule has 1 fully saturated rings. The summed E-state index contributed by atoms with van der Waals surface area (Å²) in [6.45, 7) is 2.12. The fourth-order valence-corrected chi connectivity index (χ4v) is 1.23. The van der Waals surface area contributed by atoms with Crippen LogP contribution in [0.5, 0.6) is 0 Å². The average Bonchev–Trinajstić information content (AvgIpc) is 2.81. The maximum atomic E-state index is 11.4. The first kappa shape index (κ1) is 9.48. The van der Waals surface area contributed by atoms with Crippen molar-refractivity contribution in [3.8, 4) is 0 Å². The van der Waals surface area contributed by atoms with Crippen LogP contribution in [0.25, 0.3) is 0 Å². The number of aliphatic hydroxyl groups excluding tert-OH is 1. The Morgan fingerprint density at radius 3 is 2.67 bits per heavy atom. The highest BCUT2D eigenvalue weighted by atomic mass is 16.3. The Labute approximate surface area is 72.3 Å². The van der Waals surface area contributed by atoms with Crippen molar-refractivity contribution in [2.45, 2.75) is 31.8 Å². The smallest absolute Gasteiger partial charge is 0.239 e. The van der Waals surface area contributed by atoms with Gasteiger partial charge in [-0.15, -0.1) is 0 Å². The Kier molecular flexibility index (Phi) is 3.05. The van der Waals surface area contributed by atoms with Crippen molar-refractivity contribution in [1.82, 2.24) is 4.90 Å². The van der Waals surface area contributed by atoms with E-state index in [4.69, 9.17) is 10.8 Å². The third-order valence-corrected chi connectivity index (χ3v) is 2.00. The lowest BCUT2D eigenvalue weighted by Crippen LogP contribution is -2.44. The minimum absolute atomic E-state index is 0.0228. The van der Waals surface area contributed by atoms with Gasteiger partial charge in [0, 0.05) is 12.6 Å². The molecule has 1 aliphatic carbocycles. The summed E-state index contributed by atoms with van der Waals surface area (Å²) in [5.74, 6) is -0.0495. The third-order valence-electron chi connectivity index (χ3n) is 2.00. The first-order valence-electron chi connectivity index (χ1n) is 4.33. The van der Waals surface area contributed by atoms with E-state index in [1.165, 1.54) is 0 Å². The molecule has 0 radical (unpaired) electrons. The molecule has 1 saturated carbocycles. The minimum atomic E-state index is -0.447. The molecule has 0 heterocycles. The van der Waals surface area contributed by atoms with Gasteiger partial charge in [-0.25, -0.2) is 0 Å². The maximum absolute atomic E-state index is 11.4. The van der Waals surface area contributed by atoms with E-state index in [9.17, 15) is 4.79 Å². The predicted molar refractivity (Wildman–Crippen MR) is 45.5 cm³/mol. The summed E-state index contributed by atoms with van der Waals surface area (Å²) < 4.78 is 0. The van der Waals surface area contributed by atoms with Crippen LogP contribution in [0.1, 0.15) is 19.8 Å². The van der Waals surface area contributed by atoms with Gasteiger partial charge >= 0.3 is 0 Å². The topological polar surface area (TPSA) is 66.6 Å². The Bertz CT molecular complexity index is 166. The lowest BCUT2D eigenvalue weighted by Gasteiger charge is -2.22. The Balaban J connectivity index is 2.46. The van der Waals surface area contributed by atoms with Crippen molar-refractivity contribution in [3.05, 3.63) is 0 Å². The molecule has 0 saturated heterocycles. The molecular weight excluding hydrogens is 156 g/mol. The van der Waals surface area contributed by atoms with Crippen LogP contribution in [0.4, 0.5) is 0 Å². The van der Waals surface area contributed by atoms with Crippen molar-refractivity contribution in [2.24, 2.45) is 5.73 Å². The van der Waals surface area contributed by atoms with E-state index in [-0.39, 0.29) is 12.5 Å². The van der Waals surface area contributed by atoms with Crippen LogP contribution < -0.4 is 5.73 Å². The Morgan fingerprint density at radius 1 is 1.75 bits per heavy atom. The highest BCUT2D eigenvalue weighted by Gasteiger charge is 2.32. The van der Waals surface area contributed by atoms with Crippen LogP contribution in [0.15, 0.2) is 0 Å². The molecule has 1 amide bonds. The second-order valence-corrected chi connectivity index (χ2v) is 3.28. The zero-order valence-electron chi connectivity index (χ0n) is 7.36. The summed E-state index contributed by atoms with van der Waals surface area (Å²) in [4.78, 5) is 13.1. The van der Waals surface area contributed by atoms with Crippen LogP contribution in [0.3, 0.4) is 0 Å². The van der Waals surface area contributed by atoms with Gasteiger partial charge in [0.05, 0.1) is 12.6 Å². The van der Waals surface area contributed by atoms with Crippen LogP contribution in [-0.4, -0.2) is 41.1 Å². The van der Waals surface area contributed by atoms with Crippen molar-refractivity contribution in [2.75, 3.05) is 13.2 Å². The second kappa shape index (κ2) is 3.87. The summed E-state index contributed by atoms with van der Waals surface area (Å²) in [7, 11) is 0. The number of hydrogen-bond donors (Lipinski definition) is 2. The van der Waals surface area contributed by atoms with Gasteiger partial charge in [-0.3, -0.25) is 4.79 Å². The number of carbonyl (C=O) groups is 1. The first-order chi connectivity index (χ1) is 5.66. The van der Waals surface area contributed by atoms with Gasteiger partial charge in [0.1, 0.15) is 0 Å². The van der Waals surface area contributed by atoms with Gasteiger partial charge in [0.15, 0.2) is 0 Å². The fraction of sp³-hybridized carbons (Fsp3) is 0.875. The number of nitrogens with zero attached hydrogens (tertiary/aromatic N) is 1. The van der Waals surface area contributed by atoms with Crippen molar-refractivity contribution < 1.29 is 9.90 Å².